The molecule has 30 heavy (non-hydrogen) atoms. The number of benzene rings is 3. The average Bonchev–Trinajstić information content (AvgIpc) is 2.77. The molecule has 0 aliphatic carbocycles. The lowest BCUT2D eigenvalue weighted by Gasteiger charge is -2.06. The Hall–Kier alpha value is -3.86. The molecule has 0 saturated carbocycles. The number of methoxy groups -OCH3 is 2. The van der Waals surface area contributed by atoms with E-state index in [0.717, 1.165) is 22.6 Å². The lowest BCUT2D eigenvalue weighted by Crippen LogP contribution is -2.07. The maximum atomic E-state index is 13.2. The molecule has 0 aliphatic rings. The summed E-state index contributed by atoms with van der Waals surface area (Å²) in [5.41, 5.74) is 3.22. The standard InChI is InChI=1S/C25H22FNO3/c1-29-23-15-20(16-24(17-23)30-2)7-6-18-8-11-22(12-9-18)27-25(28)13-10-19-4-3-5-21(26)14-19/h3-17H,1-2H3,(H,27,28)/b7-6+,13-10+. The van der Waals surface area contributed by atoms with Gasteiger partial charge in [0.15, 0.2) is 0 Å². The van der Waals surface area contributed by atoms with Crippen molar-refractivity contribution in [3.63, 3.8) is 0 Å². The molecule has 0 radical (unpaired) electrons. The first-order valence-corrected chi connectivity index (χ1v) is 9.31. The Balaban J connectivity index is 1.62. The van der Waals surface area contributed by atoms with E-state index >= 15 is 0 Å². The monoisotopic (exact) mass is 403 g/mol. The van der Waals surface area contributed by atoms with E-state index < -0.39 is 0 Å². The lowest BCUT2D eigenvalue weighted by atomic mass is 10.1. The molecule has 152 valence electrons. The molecule has 0 bridgehead atoms. The van der Waals surface area contributed by atoms with Gasteiger partial charge in [0.2, 0.25) is 5.91 Å². The van der Waals surface area contributed by atoms with Crippen LogP contribution in [0.2, 0.25) is 0 Å². The van der Waals surface area contributed by atoms with E-state index in [1.165, 1.54) is 18.2 Å². The highest BCUT2D eigenvalue weighted by Gasteiger charge is 2.01. The van der Waals surface area contributed by atoms with Crippen LogP contribution in [-0.2, 0) is 4.79 Å². The van der Waals surface area contributed by atoms with Gasteiger partial charge in [-0.2, -0.15) is 0 Å². The molecule has 0 spiro atoms. The first-order valence-electron chi connectivity index (χ1n) is 9.31. The summed E-state index contributed by atoms with van der Waals surface area (Å²) in [5, 5.41) is 2.78. The number of anilines is 1. The van der Waals surface area contributed by atoms with Crippen molar-refractivity contribution in [1.29, 1.82) is 0 Å². The summed E-state index contributed by atoms with van der Waals surface area (Å²) in [5.74, 6) is 0.816. The summed E-state index contributed by atoms with van der Waals surface area (Å²) in [4.78, 5) is 12.1. The minimum atomic E-state index is -0.339. The van der Waals surface area contributed by atoms with E-state index in [1.54, 1.807) is 32.4 Å². The van der Waals surface area contributed by atoms with Crippen LogP contribution in [0.25, 0.3) is 18.2 Å². The molecule has 0 heterocycles. The van der Waals surface area contributed by atoms with Crippen LogP contribution >= 0.6 is 0 Å². The highest BCUT2D eigenvalue weighted by Crippen LogP contribution is 2.24. The van der Waals surface area contributed by atoms with Crippen LogP contribution in [0, 0.1) is 5.82 Å². The summed E-state index contributed by atoms with van der Waals surface area (Å²) in [6, 6.07) is 19.1. The SMILES string of the molecule is COc1cc(/C=C/c2ccc(NC(=O)/C=C/c3cccc(F)c3)cc2)cc(OC)c1. The van der Waals surface area contributed by atoms with Crippen LogP contribution in [0.4, 0.5) is 10.1 Å². The molecule has 4 nitrogen and oxygen atoms in total. The second kappa shape index (κ2) is 10.1. The Morgan fingerprint density at radius 2 is 1.47 bits per heavy atom. The first-order chi connectivity index (χ1) is 14.6. The van der Waals surface area contributed by atoms with Crippen molar-refractivity contribution >= 4 is 29.8 Å². The topological polar surface area (TPSA) is 47.6 Å². The molecule has 0 unspecified atom stereocenters. The van der Waals surface area contributed by atoms with Gasteiger partial charge in [-0.3, -0.25) is 4.79 Å². The Bertz CT molecular complexity index is 1050. The van der Waals surface area contributed by atoms with Crippen molar-refractivity contribution in [3.8, 4) is 11.5 Å². The fourth-order valence-corrected chi connectivity index (χ4v) is 2.76. The van der Waals surface area contributed by atoms with Crippen molar-refractivity contribution in [3.05, 3.63) is 95.3 Å². The highest BCUT2D eigenvalue weighted by molar-refractivity contribution is 6.02. The van der Waals surface area contributed by atoms with E-state index in [0.29, 0.717) is 11.3 Å². The Labute approximate surface area is 175 Å². The number of ether oxygens (including phenoxy) is 2. The van der Waals surface area contributed by atoms with Crippen molar-refractivity contribution in [2.75, 3.05) is 19.5 Å². The minimum absolute atomic E-state index is 0.286. The Morgan fingerprint density at radius 3 is 2.10 bits per heavy atom. The van der Waals surface area contributed by atoms with Crippen molar-refractivity contribution in [2.24, 2.45) is 0 Å². The van der Waals surface area contributed by atoms with Crippen molar-refractivity contribution < 1.29 is 18.7 Å². The Kier molecular flexibility index (Phi) is 7.00. The maximum Gasteiger partial charge on any atom is 0.248 e. The van der Waals surface area contributed by atoms with Crippen LogP contribution in [0.5, 0.6) is 11.5 Å². The van der Waals surface area contributed by atoms with E-state index in [4.69, 9.17) is 9.47 Å². The number of hydrogen-bond donors (Lipinski definition) is 1. The van der Waals surface area contributed by atoms with Crippen LogP contribution < -0.4 is 14.8 Å². The number of amides is 1. The quantitative estimate of drug-likeness (QED) is 0.409. The summed E-state index contributed by atoms with van der Waals surface area (Å²) in [6.45, 7) is 0. The predicted octanol–water partition coefficient (Wildman–Crippen LogP) is 5.67. The maximum absolute atomic E-state index is 13.2. The number of carbonyl (C=O) groups excluding carboxylic acids is 1. The molecule has 1 amide bonds. The molecule has 5 heteroatoms. The van der Waals surface area contributed by atoms with Crippen LogP contribution in [0.1, 0.15) is 16.7 Å². The summed E-state index contributed by atoms with van der Waals surface area (Å²) in [7, 11) is 3.23. The van der Waals surface area contributed by atoms with E-state index in [1.807, 2.05) is 54.6 Å². The second-order valence-corrected chi connectivity index (χ2v) is 6.48. The second-order valence-electron chi connectivity index (χ2n) is 6.48. The van der Waals surface area contributed by atoms with Gasteiger partial charge in [0.1, 0.15) is 17.3 Å². The van der Waals surface area contributed by atoms with Crippen molar-refractivity contribution in [2.45, 2.75) is 0 Å². The van der Waals surface area contributed by atoms with Gasteiger partial charge in [-0.1, -0.05) is 36.4 Å². The number of rotatable bonds is 7. The number of hydrogen-bond acceptors (Lipinski definition) is 3. The molecule has 0 atom stereocenters. The van der Waals surface area contributed by atoms with E-state index in [-0.39, 0.29) is 11.7 Å². The van der Waals surface area contributed by atoms with Gasteiger partial charge >= 0.3 is 0 Å². The molecular formula is C25H22FNO3. The van der Waals surface area contributed by atoms with Crippen LogP contribution in [0.3, 0.4) is 0 Å². The zero-order valence-corrected chi connectivity index (χ0v) is 16.8. The zero-order valence-electron chi connectivity index (χ0n) is 16.8. The largest absolute Gasteiger partial charge is 0.497 e. The number of nitrogens with one attached hydrogen (secondary N) is 1. The summed E-state index contributed by atoms with van der Waals surface area (Å²) in [6.07, 6.45) is 6.86. The third-order valence-corrected chi connectivity index (χ3v) is 4.30. The van der Waals surface area contributed by atoms with Gasteiger partial charge < -0.3 is 14.8 Å². The fourth-order valence-electron chi connectivity index (χ4n) is 2.76. The van der Waals surface area contributed by atoms with E-state index in [2.05, 4.69) is 5.32 Å². The third kappa shape index (κ3) is 6.07. The zero-order chi connectivity index (χ0) is 21.3. The predicted molar refractivity (Wildman–Crippen MR) is 119 cm³/mol. The van der Waals surface area contributed by atoms with E-state index in [9.17, 15) is 9.18 Å². The van der Waals surface area contributed by atoms with Gasteiger partial charge in [-0.05, 0) is 59.2 Å². The van der Waals surface area contributed by atoms with Crippen LogP contribution in [-0.4, -0.2) is 20.1 Å². The molecular weight excluding hydrogens is 381 g/mol. The van der Waals surface area contributed by atoms with Gasteiger partial charge in [-0.15, -0.1) is 0 Å². The molecule has 3 aromatic rings. The molecule has 0 aliphatic heterocycles. The van der Waals surface area contributed by atoms with Crippen molar-refractivity contribution in [1.82, 2.24) is 0 Å². The molecule has 0 saturated heterocycles. The molecule has 1 N–H and O–H groups in total. The van der Waals surface area contributed by atoms with Crippen LogP contribution in [0.15, 0.2) is 72.8 Å². The Morgan fingerprint density at radius 1 is 0.800 bits per heavy atom. The highest BCUT2D eigenvalue weighted by atomic mass is 19.1. The fraction of sp³-hybridized carbons (Fsp3) is 0.0800. The molecule has 0 aromatic heterocycles. The smallest absolute Gasteiger partial charge is 0.248 e. The lowest BCUT2D eigenvalue weighted by molar-refractivity contribution is -0.111. The average molecular weight is 403 g/mol. The third-order valence-electron chi connectivity index (χ3n) is 4.30. The van der Waals surface area contributed by atoms with Gasteiger partial charge in [0.05, 0.1) is 14.2 Å². The van der Waals surface area contributed by atoms with Gasteiger partial charge in [0, 0.05) is 17.8 Å². The van der Waals surface area contributed by atoms with Gasteiger partial charge in [-0.25, -0.2) is 4.39 Å². The normalized spacial score (nSPS) is 11.0. The summed E-state index contributed by atoms with van der Waals surface area (Å²) < 4.78 is 23.7. The minimum Gasteiger partial charge on any atom is -0.497 e. The molecule has 3 aromatic carbocycles. The first kappa shape index (κ1) is 20.9. The molecule has 0 fully saturated rings. The number of carbonyl (C=O) groups is 1. The van der Waals surface area contributed by atoms with Gasteiger partial charge in [0.25, 0.3) is 0 Å². The number of halogens is 1. The summed E-state index contributed by atoms with van der Waals surface area (Å²) >= 11 is 0. The molecule has 3 rings (SSSR count).